The number of unbranched alkanes of at least 4 members (excludes halogenated alkanes) is 8. The summed E-state index contributed by atoms with van der Waals surface area (Å²) in [5.74, 6) is -0.800. The highest BCUT2D eigenvalue weighted by Crippen LogP contribution is 2.27. The zero-order valence-corrected chi connectivity index (χ0v) is 11.0. The fourth-order valence-electron chi connectivity index (χ4n) is 2.24. The van der Waals surface area contributed by atoms with Crippen molar-refractivity contribution in [3.05, 3.63) is 0 Å². The molecule has 2 atom stereocenters. The van der Waals surface area contributed by atoms with E-state index in [-0.39, 0.29) is 6.10 Å². The lowest BCUT2D eigenvalue weighted by atomic mass is 10.1. The molecule has 100 valence electrons. The molecule has 3 nitrogen and oxygen atoms in total. The van der Waals surface area contributed by atoms with Gasteiger partial charge in [-0.3, -0.25) is 0 Å². The van der Waals surface area contributed by atoms with Crippen molar-refractivity contribution in [1.29, 1.82) is 0 Å². The van der Waals surface area contributed by atoms with Crippen LogP contribution in [0.25, 0.3) is 0 Å². The average Bonchev–Trinajstić information content (AvgIpc) is 3.06. The minimum absolute atomic E-state index is 0.0112. The van der Waals surface area contributed by atoms with Crippen LogP contribution in [0, 0.1) is 0 Å². The van der Waals surface area contributed by atoms with Crippen molar-refractivity contribution in [2.45, 2.75) is 83.3 Å². The van der Waals surface area contributed by atoms with E-state index < -0.39 is 12.1 Å². The zero-order valence-electron chi connectivity index (χ0n) is 11.0. The van der Waals surface area contributed by atoms with Crippen molar-refractivity contribution in [2.24, 2.45) is 0 Å². The van der Waals surface area contributed by atoms with Crippen molar-refractivity contribution in [2.75, 3.05) is 0 Å². The molecule has 0 bridgehead atoms. The van der Waals surface area contributed by atoms with E-state index >= 15 is 0 Å². The van der Waals surface area contributed by atoms with Crippen molar-refractivity contribution < 1.29 is 14.6 Å². The summed E-state index contributed by atoms with van der Waals surface area (Å²) in [7, 11) is 0. The van der Waals surface area contributed by atoms with E-state index in [2.05, 4.69) is 6.92 Å². The minimum Gasteiger partial charge on any atom is -0.479 e. The summed E-state index contributed by atoms with van der Waals surface area (Å²) in [6, 6.07) is 0. The third kappa shape index (κ3) is 6.67. The number of ether oxygens (including phenoxy) is 1. The lowest BCUT2D eigenvalue weighted by Crippen LogP contribution is -2.07. The Morgan fingerprint density at radius 3 is 2.00 bits per heavy atom. The molecule has 1 N–H and O–H groups in total. The van der Waals surface area contributed by atoms with Gasteiger partial charge in [0.25, 0.3) is 0 Å². The van der Waals surface area contributed by atoms with Gasteiger partial charge in [0, 0.05) is 0 Å². The van der Waals surface area contributed by atoms with Crippen molar-refractivity contribution in [3.8, 4) is 0 Å². The van der Waals surface area contributed by atoms with E-state index in [1.54, 1.807) is 0 Å². The molecule has 1 rings (SSSR count). The molecule has 0 aromatic rings. The molecule has 3 heteroatoms. The van der Waals surface area contributed by atoms with Crippen LogP contribution in [0.4, 0.5) is 0 Å². The number of hydrogen-bond donors (Lipinski definition) is 1. The quantitative estimate of drug-likeness (QED) is 0.443. The Labute approximate surface area is 105 Å². The summed E-state index contributed by atoms with van der Waals surface area (Å²) >= 11 is 0. The number of rotatable bonds is 11. The highest BCUT2D eigenvalue weighted by molar-refractivity contribution is 5.75. The molecule has 1 aliphatic heterocycles. The number of epoxide rings is 1. The number of hydrogen-bond acceptors (Lipinski definition) is 2. The van der Waals surface area contributed by atoms with Gasteiger partial charge in [0.05, 0.1) is 6.10 Å². The Balaban J connectivity index is 1.75. The monoisotopic (exact) mass is 242 g/mol. The van der Waals surface area contributed by atoms with Gasteiger partial charge in [-0.05, 0) is 6.42 Å². The fourth-order valence-corrected chi connectivity index (χ4v) is 2.24. The molecule has 0 aromatic heterocycles. The first-order valence-corrected chi connectivity index (χ1v) is 7.14. The molecule has 1 fully saturated rings. The standard InChI is InChI=1S/C14H26O3/c1-2-3-4-5-6-7-8-9-10-11-12-13(17-12)14(15)16/h12-13H,2-11H2,1H3,(H,15,16)/t12-,13+/m0/s1. The molecule has 0 spiro atoms. The topological polar surface area (TPSA) is 49.8 Å². The summed E-state index contributed by atoms with van der Waals surface area (Å²) in [4.78, 5) is 10.5. The second-order valence-corrected chi connectivity index (χ2v) is 5.05. The van der Waals surface area contributed by atoms with Gasteiger partial charge in [0.15, 0.2) is 6.10 Å². The second kappa shape index (κ2) is 8.51. The lowest BCUT2D eigenvalue weighted by molar-refractivity contribution is -0.138. The predicted molar refractivity (Wildman–Crippen MR) is 68.1 cm³/mol. The third-order valence-electron chi connectivity index (χ3n) is 3.42. The van der Waals surface area contributed by atoms with Gasteiger partial charge >= 0.3 is 5.97 Å². The van der Waals surface area contributed by atoms with Crippen LogP contribution in [0.3, 0.4) is 0 Å². The van der Waals surface area contributed by atoms with E-state index in [4.69, 9.17) is 9.84 Å². The molecular formula is C14H26O3. The first-order chi connectivity index (χ1) is 8.25. The summed E-state index contributed by atoms with van der Waals surface area (Å²) in [5, 5.41) is 8.64. The van der Waals surface area contributed by atoms with E-state index in [1.165, 1.54) is 51.4 Å². The largest absolute Gasteiger partial charge is 0.479 e. The SMILES string of the molecule is CCCCCCCCCCC[C@@H]1O[C@H]1C(=O)O. The van der Waals surface area contributed by atoms with Crippen LogP contribution in [-0.2, 0) is 9.53 Å². The molecule has 0 unspecified atom stereocenters. The maximum atomic E-state index is 10.5. The number of carboxylic acid groups (broad SMARTS) is 1. The molecule has 1 saturated heterocycles. The van der Waals surface area contributed by atoms with E-state index in [0.717, 1.165) is 12.8 Å². The van der Waals surface area contributed by atoms with Gasteiger partial charge in [0.1, 0.15) is 0 Å². The normalized spacial score (nSPS) is 22.6. The number of carboxylic acids is 1. The van der Waals surface area contributed by atoms with E-state index in [9.17, 15) is 4.79 Å². The van der Waals surface area contributed by atoms with E-state index in [1.807, 2.05) is 0 Å². The van der Waals surface area contributed by atoms with Gasteiger partial charge in [0.2, 0.25) is 0 Å². The van der Waals surface area contributed by atoms with Crippen LogP contribution in [0.1, 0.15) is 71.1 Å². The molecule has 0 aromatic carbocycles. The van der Waals surface area contributed by atoms with Gasteiger partial charge in [-0.15, -0.1) is 0 Å². The Kier molecular flexibility index (Phi) is 7.25. The summed E-state index contributed by atoms with van der Waals surface area (Å²) in [5.41, 5.74) is 0. The molecular weight excluding hydrogens is 216 g/mol. The van der Waals surface area contributed by atoms with Gasteiger partial charge in [-0.25, -0.2) is 4.79 Å². The van der Waals surface area contributed by atoms with Crippen molar-refractivity contribution in [1.82, 2.24) is 0 Å². The van der Waals surface area contributed by atoms with Crippen molar-refractivity contribution in [3.63, 3.8) is 0 Å². The summed E-state index contributed by atoms with van der Waals surface area (Å²) < 4.78 is 5.05. The molecule has 0 saturated carbocycles. The molecule has 0 amide bonds. The van der Waals surface area contributed by atoms with Gasteiger partial charge in [-0.1, -0.05) is 64.7 Å². The Morgan fingerprint density at radius 2 is 1.53 bits per heavy atom. The molecule has 17 heavy (non-hydrogen) atoms. The van der Waals surface area contributed by atoms with Crippen LogP contribution in [0.5, 0.6) is 0 Å². The maximum absolute atomic E-state index is 10.5. The Hall–Kier alpha value is -0.570. The van der Waals surface area contributed by atoms with Crippen LogP contribution in [0.15, 0.2) is 0 Å². The highest BCUT2D eigenvalue weighted by Gasteiger charge is 2.44. The second-order valence-electron chi connectivity index (χ2n) is 5.05. The number of carbonyl (C=O) groups is 1. The lowest BCUT2D eigenvalue weighted by Gasteiger charge is -2.00. The first-order valence-electron chi connectivity index (χ1n) is 7.14. The Morgan fingerprint density at radius 1 is 1.00 bits per heavy atom. The third-order valence-corrected chi connectivity index (χ3v) is 3.42. The summed E-state index contributed by atoms with van der Waals surface area (Å²) in [6.45, 7) is 2.24. The minimum atomic E-state index is -0.800. The molecule has 1 aliphatic rings. The highest BCUT2D eigenvalue weighted by atomic mass is 16.6. The molecule has 1 heterocycles. The maximum Gasteiger partial charge on any atom is 0.335 e. The Bertz CT molecular complexity index is 216. The van der Waals surface area contributed by atoms with Crippen LogP contribution < -0.4 is 0 Å². The fraction of sp³-hybridized carbons (Fsp3) is 0.929. The zero-order chi connectivity index (χ0) is 12.5. The first kappa shape index (κ1) is 14.5. The molecule has 0 aliphatic carbocycles. The van der Waals surface area contributed by atoms with Crippen molar-refractivity contribution >= 4 is 5.97 Å². The van der Waals surface area contributed by atoms with Crippen LogP contribution in [0.2, 0.25) is 0 Å². The summed E-state index contributed by atoms with van der Waals surface area (Å²) in [6.07, 6.45) is 12.2. The molecule has 0 radical (unpaired) electrons. The average molecular weight is 242 g/mol. The van der Waals surface area contributed by atoms with Crippen LogP contribution in [-0.4, -0.2) is 23.3 Å². The van der Waals surface area contributed by atoms with Crippen LogP contribution >= 0.6 is 0 Å². The van der Waals surface area contributed by atoms with Gasteiger partial charge in [-0.2, -0.15) is 0 Å². The predicted octanol–water partition coefficient (Wildman–Crippen LogP) is 3.76. The smallest absolute Gasteiger partial charge is 0.335 e. The number of aliphatic carboxylic acids is 1. The van der Waals surface area contributed by atoms with E-state index in [0.29, 0.717) is 0 Å². The van der Waals surface area contributed by atoms with Gasteiger partial charge < -0.3 is 9.84 Å².